The molecule has 0 N–H and O–H groups in total. The number of carboxylic acid groups (broad SMARTS) is 1. The fraction of sp³-hybridized carbons (Fsp3) is 0.0370. The van der Waals surface area contributed by atoms with Gasteiger partial charge >= 0.3 is 0 Å². The minimum absolute atomic E-state index is 0.148. The standard InChI is InChI=1S/C27H22N2O2/c30-27(31)21-28-19-17-23(18-20-28)12-11-22-13-15-26(16-14-22)29(24-7-3-1-4-8-24)25-9-5-2-6-10-25/h1-20H,21H2. The highest BCUT2D eigenvalue weighted by atomic mass is 16.4. The van der Waals surface area contributed by atoms with Crippen LogP contribution in [-0.2, 0) is 11.3 Å². The predicted octanol–water partition coefficient (Wildman–Crippen LogP) is 4.36. The molecule has 4 rings (SSSR count). The molecule has 0 aliphatic rings. The van der Waals surface area contributed by atoms with Crippen LogP contribution in [0.3, 0.4) is 0 Å². The van der Waals surface area contributed by atoms with Gasteiger partial charge in [-0.25, -0.2) is 0 Å². The Morgan fingerprint density at radius 1 is 0.677 bits per heavy atom. The van der Waals surface area contributed by atoms with Gasteiger partial charge in [-0.2, -0.15) is 4.57 Å². The summed E-state index contributed by atoms with van der Waals surface area (Å²) in [5.41, 5.74) is 5.36. The monoisotopic (exact) mass is 406 g/mol. The third kappa shape index (κ3) is 5.25. The van der Waals surface area contributed by atoms with Gasteiger partial charge in [0.2, 0.25) is 0 Å². The predicted molar refractivity (Wildman–Crippen MR) is 122 cm³/mol. The van der Waals surface area contributed by atoms with Crippen LogP contribution in [0.2, 0.25) is 0 Å². The number of para-hydroxylation sites is 2. The van der Waals surface area contributed by atoms with Gasteiger partial charge in [-0.15, -0.1) is 0 Å². The first-order valence-electron chi connectivity index (χ1n) is 10.1. The number of carboxylic acids is 1. The second kappa shape index (κ2) is 9.55. The molecule has 4 heteroatoms. The summed E-state index contributed by atoms with van der Waals surface area (Å²) in [4.78, 5) is 12.9. The first kappa shape index (κ1) is 20.1. The first-order chi connectivity index (χ1) is 15.2. The molecule has 0 saturated heterocycles. The first-order valence-corrected chi connectivity index (χ1v) is 10.1. The van der Waals surface area contributed by atoms with Crippen LogP contribution in [0, 0.1) is 0 Å². The van der Waals surface area contributed by atoms with Crippen LogP contribution in [0.5, 0.6) is 0 Å². The molecule has 152 valence electrons. The van der Waals surface area contributed by atoms with E-state index in [2.05, 4.69) is 53.4 Å². The number of aromatic nitrogens is 1. The third-order valence-electron chi connectivity index (χ3n) is 4.88. The summed E-state index contributed by atoms with van der Waals surface area (Å²) in [7, 11) is 0. The summed E-state index contributed by atoms with van der Waals surface area (Å²) in [6.45, 7) is -0.148. The van der Waals surface area contributed by atoms with Crippen molar-refractivity contribution in [2.24, 2.45) is 0 Å². The van der Waals surface area contributed by atoms with Crippen LogP contribution in [0.4, 0.5) is 17.1 Å². The van der Waals surface area contributed by atoms with Gasteiger partial charge in [0, 0.05) is 29.2 Å². The van der Waals surface area contributed by atoms with E-state index in [1.807, 2.05) is 60.7 Å². The Hall–Kier alpha value is -4.18. The molecule has 4 nitrogen and oxygen atoms in total. The lowest BCUT2D eigenvalue weighted by atomic mass is 10.1. The third-order valence-corrected chi connectivity index (χ3v) is 4.88. The van der Waals surface area contributed by atoms with Crippen molar-refractivity contribution in [3.63, 3.8) is 0 Å². The van der Waals surface area contributed by atoms with Gasteiger partial charge in [-0.05, 0) is 47.5 Å². The number of aliphatic carboxylic acids is 1. The van der Waals surface area contributed by atoms with E-state index in [4.69, 9.17) is 0 Å². The second-order valence-electron chi connectivity index (χ2n) is 7.11. The zero-order valence-corrected chi connectivity index (χ0v) is 17.0. The van der Waals surface area contributed by atoms with Gasteiger partial charge in [0.05, 0.1) is 0 Å². The molecule has 0 radical (unpaired) electrons. The summed E-state index contributed by atoms with van der Waals surface area (Å²) >= 11 is 0. The lowest BCUT2D eigenvalue weighted by Gasteiger charge is -2.25. The Morgan fingerprint density at radius 3 is 1.61 bits per heavy atom. The SMILES string of the molecule is O=C([O-])C[n+]1ccc(/C=C/c2ccc(N(c3ccccc3)c3ccccc3)cc2)cc1. The van der Waals surface area contributed by atoms with Crippen molar-refractivity contribution in [2.75, 3.05) is 4.90 Å². The minimum atomic E-state index is -1.10. The fourth-order valence-electron chi connectivity index (χ4n) is 3.36. The summed E-state index contributed by atoms with van der Waals surface area (Å²) in [5.74, 6) is -1.10. The zero-order chi connectivity index (χ0) is 21.5. The van der Waals surface area contributed by atoms with Crippen molar-refractivity contribution in [3.05, 3.63) is 121 Å². The number of hydrogen-bond acceptors (Lipinski definition) is 3. The summed E-state index contributed by atoms with van der Waals surface area (Å²) in [6, 6.07) is 32.7. The number of pyridine rings is 1. The fourth-order valence-corrected chi connectivity index (χ4v) is 3.36. The van der Waals surface area contributed by atoms with Crippen molar-refractivity contribution in [1.82, 2.24) is 0 Å². The van der Waals surface area contributed by atoms with Gasteiger partial charge in [-0.1, -0.05) is 60.7 Å². The average molecular weight is 406 g/mol. The van der Waals surface area contributed by atoms with E-state index in [0.717, 1.165) is 28.2 Å². The lowest BCUT2D eigenvalue weighted by molar-refractivity contribution is -0.690. The van der Waals surface area contributed by atoms with E-state index in [-0.39, 0.29) is 6.54 Å². The van der Waals surface area contributed by atoms with Crippen LogP contribution < -0.4 is 14.6 Å². The maximum Gasteiger partial charge on any atom is 0.187 e. The van der Waals surface area contributed by atoms with E-state index in [1.54, 1.807) is 17.0 Å². The van der Waals surface area contributed by atoms with Gasteiger partial charge < -0.3 is 14.8 Å². The highest BCUT2D eigenvalue weighted by molar-refractivity contribution is 5.78. The van der Waals surface area contributed by atoms with E-state index >= 15 is 0 Å². The van der Waals surface area contributed by atoms with Crippen LogP contribution in [0.15, 0.2) is 109 Å². The van der Waals surface area contributed by atoms with Crippen LogP contribution in [0.25, 0.3) is 12.2 Å². The Balaban J connectivity index is 1.55. The van der Waals surface area contributed by atoms with E-state index in [0.29, 0.717) is 0 Å². The number of carbonyl (C=O) groups excluding carboxylic acids is 1. The molecule has 3 aromatic carbocycles. The molecule has 0 atom stereocenters. The van der Waals surface area contributed by atoms with Gasteiger partial charge in [0.25, 0.3) is 0 Å². The maximum absolute atomic E-state index is 10.7. The van der Waals surface area contributed by atoms with Gasteiger partial charge in [0.1, 0.15) is 5.97 Å². The second-order valence-corrected chi connectivity index (χ2v) is 7.11. The molecule has 0 aliphatic heterocycles. The van der Waals surface area contributed by atoms with E-state index < -0.39 is 5.97 Å². The number of nitrogens with zero attached hydrogens (tertiary/aromatic N) is 2. The van der Waals surface area contributed by atoms with Crippen molar-refractivity contribution in [1.29, 1.82) is 0 Å². The summed E-state index contributed by atoms with van der Waals surface area (Å²) in [5, 5.41) is 10.7. The Morgan fingerprint density at radius 2 is 1.13 bits per heavy atom. The van der Waals surface area contributed by atoms with Crippen LogP contribution in [-0.4, -0.2) is 5.97 Å². The minimum Gasteiger partial charge on any atom is -0.544 e. The molecule has 4 aromatic rings. The molecule has 0 fully saturated rings. The lowest BCUT2D eigenvalue weighted by Crippen LogP contribution is -2.43. The van der Waals surface area contributed by atoms with E-state index in [1.165, 1.54) is 0 Å². The summed E-state index contributed by atoms with van der Waals surface area (Å²) in [6.07, 6.45) is 7.51. The van der Waals surface area contributed by atoms with Crippen molar-refractivity contribution < 1.29 is 14.5 Å². The highest BCUT2D eigenvalue weighted by Crippen LogP contribution is 2.34. The largest absolute Gasteiger partial charge is 0.544 e. The Kier molecular flexibility index (Phi) is 6.19. The quantitative estimate of drug-likeness (QED) is 0.428. The number of anilines is 3. The number of benzene rings is 3. The Bertz CT molecular complexity index is 1110. The Labute approximate surface area is 182 Å². The van der Waals surface area contributed by atoms with Gasteiger partial charge in [-0.3, -0.25) is 0 Å². The topological polar surface area (TPSA) is 47.2 Å². The number of rotatable bonds is 7. The maximum atomic E-state index is 10.7. The van der Waals surface area contributed by atoms with Crippen molar-refractivity contribution >= 4 is 35.2 Å². The molecule has 0 amide bonds. The van der Waals surface area contributed by atoms with Crippen molar-refractivity contribution in [2.45, 2.75) is 6.54 Å². The molecule has 0 saturated carbocycles. The molecule has 1 aromatic heterocycles. The molecule has 31 heavy (non-hydrogen) atoms. The molecule has 0 aliphatic carbocycles. The molecular weight excluding hydrogens is 384 g/mol. The molecule has 0 unspecified atom stereocenters. The normalized spacial score (nSPS) is 10.8. The molecule has 0 bridgehead atoms. The summed E-state index contributed by atoms with van der Waals surface area (Å²) < 4.78 is 1.57. The van der Waals surface area contributed by atoms with Crippen molar-refractivity contribution in [3.8, 4) is 0 Å². The van der Waals surface area contributed by atoms with Gasteiger partial charge in [0.15, 0.2) is 18.9 Å². The molecular formula is C27H22N2O2. The average Bonchev–Trinajstić information content (AvgIpc) is 2.81. The van der Waals surface area contributed by atoms with E-state index in [9.17, 15) is 9.90 Å². The number of carbonyl (C=O) groups is 1. The molecule has 0 spiro atoms. The smallest absolute Gasteiger partial charge is 0.187 e. The zero-order valence-electron chi connectivity index (χ0n) is 17.0. The van der Waals surface area contributed by atoms with Crippen LogP contribution >= 0.6 is 0 Å². The van der Waals surface area contributed by atoms with Crippen LogP contribution in [0.1, 0.15) is 11.1 Å². The molecule has 1 heterocycles. The highest BCUT2D eigenvalue weighted by Gasteiger charge is 2.11. The number of hydrogen-bond donors (Lipinski definition) is 0.